The number of alkyl halides is 3. The van der Waals surface area contributed by atoms with Gasteiger partial charge in [-0.1, -0.05) is 38.0 Å². The van der Waals surface area contributed by atoms with Gasteiger partial charge < -0.3 is 14.4 Å². The van der Waals surface area contributed by atoms with Gasteiger partial charge in [-0.2, -0.15) is 13.2 Å². The molecule has 1 aromatic heterocycles. The second kappa shape index (κ2) is 12.7. The van der Waals surface area contributed by atoms with Gasteiger partial charge in [-0.05, 0) is 57.2 Å². The van der Waals surface area contributed by atoms with E-state index in [1.165, 1.54) is 0 Å². The molecule has 0 aliphatic carbocycles. The lowest BCUT2D eigenvalue weighted by molar-refractivity contribution is -0.0324. The van der Waals surface area contributed by atoms with Crippen LogP contribution in [0, 0.1) is 0 Å². The van der Waals surface area contributed by atoms with Crippen molar-refractivity contribution in [1.82, 2.24) is 10.2 Å². The number of benzene rings is 1. The molecule has 1 aliphatic rings. The number of unbranched alkanes of at least 4 members (excludes halogenated alkanes) is 1. The van der Waals surface area contributed by atoms with Crippen molar-refractivity contribution in [3.05, 3.63) is 22.7 Å². The third-order valence-corrected chi connectivity index (χ3v) is 7.03. The van der Waals surface area contributed by atoms with Gasteiger partial charge in [0.1, 0.15) is 11.8 Å². The minimum absolute atomic E-state index is 0.0582. The van der Waals surface area contributed by atoms with Crippen LogP contribution in [-0.4, -0.2) is 40.4 Å². The average Bonchev–Trinajstić information content (AvgIpc) is 3.31. The molecule has 0 fully saturated rings. The van der Waals surface area contributed by atoms with Crippen LogP contribution in [0.4, 0.5) is 35.4 Å². The third-order valence-electron chi connectivity index (χ3n) is 5.69. The molecule has 0 spiro atoms. The van der Waals surface area contributed by atoms with Gasteiger partial charge in [-0.3, -0.25) is 0 Å². The number of aryl methyl sites for hydroxylation is 1. The fourth-order valence-electron chi connectivity index (χ4n) is 3.88. The minimum atomic E-state index is -4.47. The van der Waals surface area contributed by atoms with E-state index in [1.54, 1.807) is 12.1 Å². The Bertz CT molecular complexity index is 1060. The Labute approximate surface area is 217 Å². The molecule has 1 aromatic carbocycles. The van der Waals surface area contributed by atoms with Crippen LogP contribution in [0.25, 0.3) is 0 Å². The van der Waals surface area contributed by atoms with Crippen molar-refractivity contribution in [2.24, 2.45) is 10.2 Å². The molecule has 2 aromatic rings. The normalized spacial score (nSPS) is 14.8. The van der Waals surface area contributed by atoms with Gasteiger partial charge in [-0.25, -0.2) is 4.79 Å². The summed E-state index contributed by atoms with van der Waals surface area (Å²) in [5, 5.41) is 16.1. The van der Waals surface area contributed by atoms with Gasteiger partial charge in [0.05, 0.1) is 17.6 Å². The number of hydrogen-bond donors (Lipinski definition) is 1. The first kappa shape index (κ1) is 28.2. The maximum Gasteiger partial charge on any atom is 0.461 e. The Morgan fingerprint density at radius 3 is 2.72 bits per heavy atom. The first-order valence-corrected chi connectivity index (χ1v) is 13.6. The average molecular weight is 545 g/mol. The number of carbonyl (C=O) groups excluding carboxylic acids is 1. The predicted molar refractivity (Wildman–Crippen MR) is 138 cm³/mol. The summed E-state index contributed by atoms with van der Waals surface area (Å²) in [5.41, 5.74) is -2.15. The predicted octanol–water partition coefficient (Wildman–Crippen LogP) is 7.82. The van der Waals surface area contributed by atoms with Gasteiger partial charge in [0.15, 0.2) is 0 Å². The zero-order valence-electron chi connectivity index (χ0n) is 20.8. The summed E-state index contributed by atoms with van der Waals surface area (Å²) in [7, 11) is 0. The molecule has 8 nitrogen and oxygen atoms in total. The van der Waals surface area contributed by atoms with E-state index in [9.17, 15) is 18.0 Å². The Morgan fingerprint density at radius 2 is 2.06 bits per heavy atom. The van der Waals surface area contributed by atoms with E-state index in [-0.39, 0.29) is 45.6 Å². The molecule has 36 heavy (non-hydrogen) atoms. The number of rotatable bonds is 11. The van der Waals surface area contributed by atoms with E-state index in [4.69, 9.17) is 4.74 Å². The molecular weight excluding hydrogens is 513 g/mol. The lowest BCUT2D eigenvalue weighted by atomic mass is 9.99. The number of fused-ring (bicyclic) bond motifs is 1. The van der Waals surface area contributed by atoms with E-state index in [0.29, 0.717) is 6.42 Å². The Balaban J connectivity index is 1.82. The highest BCUT2D eigenvalue weighted by Crippen LogP contribution is 2.41. The molecule has 1 unspecified atom stereocenters. The van der Waals surface area contributed by atoms with Crippen LogP contribution in [0.3, 0.4) is 0 Å². The van der Waals surface area contributed by atoms with E-state index in [1.807, 2.05) is 20.8 Å². The number of anilines is 2. The zero-order valence-corrected chi connectivity index (χ0v) is 22.4. The number of ether oxygens (including phenoxy) is 1. The highest BCUT2D eigenvalue weighted by Gasteiger charge is 2.30. The van der Waals surface area contributed by atoms with Gasteiger partial charge in [0, 0.05) is 18.3 Å². The summed E-state index contributed by atoms with van der Waals surface area (Å²) < 4.78 is 46.6. The smallest absolute Gasteiger partial charge is 0.457 e. The summed E-state index contributed by atoms with van der Waals surface area (Å²) in [6.07, 6.45) is 4.99. The number of esters is 1. The molecule has 1 N–H and O–H groups in total. The SMILES string of the molecule is CCCCC(CC)OC(=O)c1nnc(N=Nc2cc3c(cc2NSC(F)(F)F)N(C(C)C)CCC3)s1. The van der Waals surface area contributed by atoms with Crippen molar-refractivity contribution in [2.75, 3.05) is 16.2 Å². The van der Waals surface area contributed by atoms with Crippen LogP contribution in [0.15, 0.2) is 22.4 Å². The minimum Gasteiger partial charge on any atom is -0.457 e. The molecule has 0 saturated heterocycles. The molecule has 0 radical (unpaired) electrons. The summed E-state index contributed by atoms with van der Waals surface area (Å²) in [6, 6.07) is 3.64. The van der Waals surface area contributed by atoms with E-state index < -0.39 is 11.5 Å². The van der Waals surface area contributed by atoms with Crippen molar-refractivity contribution >= 4 is 51.4 Å². The van der Waals surface area contributed by atoms with Crippen molar-refractivity contribution in [3.8, 4) is 0 Å². The summed E-state index contributed by atoms with van der Waals surface area (Å²) in [5.74, 6) is -0.566. The maximum absolute atomic E-state index is 12.9. The maximum atomic E-state index is 12.9. The molecule has 0 amide bonds. The summed E-state index contributed by atoms with van der Waals surface area (Å²) in [6.45, 7) is 8.95. The number of carbonyl (C=O) groups is 1. The molecule has 0 saturated carbocycles. The van der Waals surface area contributed by atoms with Gasteiger partial charge >= 0.3 is 11.5 Å². The lowest BCUT2D eigenvalue weighted by Crippen LogP contribution is -2.35. The first-order valence-electron chi connectivity index (χ1n) is 12.0. The van der Waals surface area contributed by atoms with Crippen molar-refractivity contribution in [2.45, 2.75) is 83.9 Å². The van der Waals surface area contributed by atoms with Crippen LogP contribution < -0.4 is 9.62 Å². The van der Waals surface area contributed by atoms with E-state index in [0.717, 1.165) is 61.2 Å². The van der Waals surface area contributed by atoms with Crippen LogP contribution in [0.5, 0.6) is 0 Å². The monoisotopic (exact) mass is 544 g/mol. The second-order valence-electron chi connectivity index (χ2n) is 8.71. The Kier molecular flexibility index (Phi) is 9.94. The molecule has 0 bridgehead atoms. The van der Waals surface area contributed by atoms with Crippen molar-refractivity contribution in [1.29, 1.82) is 0 Å². The van der Waals surface area contributed by atoms with E-state index >= 15 is 0 Å². The molecule has 1 atom stereocenters. The van der Waals surface area contributed by atoms with Gasteiger partial charge in [0.25, 0.3) is 5.13 Å². The fourth-order valence-corrected chi connectivity index (χ4v) is 4.82. The molecular formula is C23H31F3N6O2S2. The number of aromatic nitrogens is 2. The summed E-state index contributed by atoms with van der Waals surface area (Å²) in [4.78, 5) is 14.6. The molecule has 1 aliphatic heterocycles. The van der Waals surface area contributed by atoms with Crippen LogP contribution >= 0.6 is 23.3 Å². The number of halogens is 3. The lowest BCUT2D eigenvalue weighted by Gasteiger charge is -2.35. The topological polar surface area (TPSA) is 92.1 Å². The number of nitrogens with one attached hydrogen (secondary N) is 1. The quantitative estimate of drug-likeness (QED) is 0.175. The summed E-state index contributed by atoms with van der Waals surface area (Å²) >= 11 is 0.569. The molecule has 198 valence electrons. The van der Waals surface area contributed by atoms with Crippen LogP contribution in [0.2, 0.25) is 0 Å². The third kappa shape index (κ3) is 7.79. The zero-order chi connectivity index (χ0) is 26.3. The van der Waals surface area contributed by atoms with Crippen molar-refractivity contribution < 1.29 is 22.7 Å². The largest absolute Gasteiger partial charge is 0.461 e. The fraction of sp³-hybridized carbons (Fsp3) is 0.609. The van der Waals surface area contributed by atoms with Gasteiger partial charge in [-0.15, -0.1) is 20.4 Å². The highest BCUT2D eigenvalue weighted by molar-refractivity contribution is 8.01. The standard InChI is InChI=1S/C23H31F3N6O2S2/c1-5-7-10-16(6-2)34-21(33)20-28-30-22(35-20)29-27-17-12-15-9-8-11-32(14(3)4)19(15)13-18(17)31-36-23(24,25)26/h12-14,16,31H,5-11H2,1-4H3. The first-order chi connectivity index (χ1) is 17.1. The van der Waals surface area contributed by atoms with Crippen molar-refractivity contribution in [3.63, 3.8) is 0 Å². The van der Waals surface area contributed by atoms with Crippen LogP contribution in [0.1, 0.15) is 75.2 Å². The number of azo groups is 1. The van der Waals surface area contributed by atoms with Crippen LogP contribution in [-0.2, 0) is 11.2 Å². The Morgan fingerprint density at radius 1 is 1.28 bits per heavy atom. The molecule has 3 rings (SSSR count). The highest BCUT2D eigenvalue weighted by atomic mass is 32.2. The Hall–Kier alpha value is -2.41. The second-order valence-corrected chi connectivity index (χ2v) is 10.5. The van der Waals surface area contributed by atoms with E-state index in [2.05, 4.69) is 37.0 Å². The number of nitrogens with zero attached hydrogens (tertiary/aromatic N) is 5. The van der Waals surface area contributed by atoms with Gasteiger partial charge in [0.2, 0.25) is 5.01 Å². The molecule has 2 heterocycles. The number of hydrogen-bond acceptors (Lipinski definition) is 10. The molecule has 13 heteroatoms.